The fourth-order valence-electron chi connectivity index (χ4n) is 1.60. The third-order valence-electron chi connectivity index (χ3n) is 2.70. The summed E-state index contributed by atoms with van der Waals surface area (Å²) in [5.74, 6) is 0.0854. The third-order valence-corrected chi connectivity index (χ3v) is 4.67. The van der Waals surface area contributed by atoms with Gasteiger partial charge in [-0.3, -0.25) is 0 Å². The maximum Gasteiger partial charge on any atom is 0.180 e. The fraction of sp³-hybridized carbons (Fsp3) is 0.538. The van der Waals surface area contributed by atoms with Crippen molar-refractivity contribution < 1.29 is 18.6 Å². The molecule has 0 aliphatic rings. The highest BCUT2D eigenvalue weighted by Gasteiger charge is 2.21. The minimum Gasteiger partial charge on any atom is -0.393 e. The first kappa shape index (κ1) is 15.9. The standard InChI is InChI=1S/C13H21NO4S/c1-3-8-19(17,18)12-7-5-4-6-11(12)14-9-13(2,16)10-15/h4-7,14-16H,3,8-10H2,1-2H3. The Kier molecular flexibility index (Phi) is 5.34. The van der Waals surface area contributed by atoms with E-state index in [4.69, 9.17) is 5.11 Å². The summed E-state index contributed by atoms with van der Waals surface area (Å²) in [6.07, 6.45) is 0.547. The molecular formula is C13H21NO4S. The summed E-state index contributed by atoms with van der Waals surface area (Å²) in [6.45, 7) is 2.96. The largest absolute Gasteiger partial charge is 0.393 e. The van der Waals surface area contributed by atoms with Crippen LogP contribution < -0.4 is 5.32 Å². The van der Waals surface area contributed by atoms with Crippen LogP contribution in [0.1, 0.15) is 20.3 Å². The van der Waals surface area contributed by atoms with Gasteiger partial charge >= 0.3 is 0 Å². The van der Waals surface area contributed by atoms with Gasteiger partial charge in [0.25, 0.3) is 0 Å². The number of aliphatic hydroxyl groups excluding tert-OH is 1. The number of nitrogens with one attached hydrogen (secondary N) is 1. The molecule has 0 bridgehead atoms. The number of sulfone groups is 1. The molecule has 1 unspecified atom stereocenters. The van der Waals surface area contributed by atoms with E-state index in [9.17, 15) is 13.5 Å². The highest BCUT2D eigenvalue weighted by molar-refractivity contribution is 7.91. The smallest absolute Gasteiger partial charge is 0.180 e. The van der Waals surface area contributed by atoms with E-state index in [-0.39, 0.29) is 17.2 Å². The zero-order valence-corrected chi connectivity index (χ0v) is 12.1. The Morgan fingerprint density at radius 3 is 2.53 bits per heavy atom. The van der Waals surface area contributed by atoms with Crippen LogP contribution in [-0.2, 0) is 9.84 Å². The number of anilines is 1. The van der Waals surface area contributed by atoms with Crippen LogP contribution in [0.25, 0.3) is 0 Å². The fourth-order valence-corrected chi connectivity index (χ4v) is 3.12. The molecule has 108 valence electrons. The predicted molar refractivity (Wildman–Crippen MR) is 75.0 cm³/mol. The SMILES string of the molecule is CCCS(=O)(=O)c1ccccc1NCC(C)(O)CO. The van der Waals surface area contributed by atoms with E-state index in [1.165, 1.54) is 6.92 Å². The normalized spacial score (nSPS) is 14.9. The van der Waals surface area contributed by atoms with Crippen molar-refractivity contribution in [3.8, 4) is 0 Å². The van der Waals surface area contributed by atoms with Crippen LogP contribution in [0, 0.1) is 0 Å². The lowest BCUT2D eigenvalue weighted by atomic mass is 10.1. The first-order valence-corrected chi connectivity index (χ1v) is 7.86. The molecule has 0 radical (unpaired) electrons. The molecule has 3 N–H and O–H groups in total. The molecule has 6 heteroatoms. The molecule has 5 nitrogen and oxygen atoms in total. The topological polar surface area (TPSA) is 86.6 Å². The van der Waals surface area contributed by atoms with E-state index in [0.717, 1.165) is 0 Å². The van der Waals surface area contributed by atoms with Gasteiger partial charge in [0.15, 0.2) is 9.84 Å². The van der Waals surface area contributed by atoms with Crippen molar-refractivity contribution in [3.63, 3.8) is 0 Å². The Morgan fingerprint density at radius 1 is 1.32 bits per heavy atom. The molecule has 0 heterocycles. The Bertz CT molecular complexity index is 511. The summed E-state index contributed by atoms with van der Waals surface area (Å²) in [6, 6.07) is 6.58. The zero-order valence-electron chi connectivity index (χ0n) is 11.3. The van der Waals surface area contributed by atoms with Gasteiger partial charge < -0.3 is 15.5 Å². The maximum absolute atomic E-state index is 12.1. The molecular weight excluding hydrogens is 266 g/mol. The molecule has 1 atom stereocenters. The van der Waals surface area contributed by atoms with Crippen molar-refractivity contribution in [2.24, 2.45) is 0 Å². The van der Waals surface area contributed by atoms with Crippen LogP contribution in [0.4, 0.5) is 5.69 Å². The van der Waals surface area contributed by atoms with Crippen molar-refractivity contribution in [1.82, 2.24) is 0 Å². The van der Waals surface area contributed by atoms with Gasteiger partial charge in [-0.15, -0.1) is 0 Å². The van der Waals surface area contributed by atoms with E-state index < -0.39 is 22.0 Å². The summed E-state index contributed by atoms with van der Waals surface area (Å²) >= 11 is 0. The number of aliphatic hydroxyl groups is 2. The predicted octanol–water partition coefficient (Wildman–Crippen LogP) is 1.03. The molecule has 0 spiro atoms. The first-order chi connectivity index (χ1) is 8.82. The van der Waals surface area contributed by atoms with Gasteiger partial charge in [0, 0.05) is 6.54 Å². The van der Waals surface area contributed by atoms with E-state index in [0.29, 0.717) is 12.1 Å². The number of rotatable bonds is 7. The van der Waals surface area contributed by atoms with Crippen LogP contribution in [0.2, 0.25) is 0 Å². The molecule has 0 aromatic heterocycles. The van der Waals surface area contributed by atoms with Crippen LogP contribution in [0.5, 0.6) is 0 Å². The van der Waals surface area contributed by atoms with Gasteiger partial charge in [-0.1, -0.05) is 19.1 Å². The monoisotopic (exact) mass is 287 g/mol. The number of hydrogen-bond donors (Lipinski definition) is 3. The van der Waals surface area contributed by atoms with Gasteiger partial charge in [0.05, 0.1) is 22.9 Å². The molecule has 1 aromatic carbocycles. The van der Waals surface area contributed by atoms with Crippen molar-refractivity contribution in [1.29, 1.82) is 0 Å². The molecule has 0 aliphatic heterocycles. The van der Waals surface area contributed by atoms with Gasteiger partial charge in [0.1, 0.15) is 5.60 Å². The molecule has 1 aromatic rings. The number of benzene rings is 1. The minimum absolute atomic E-state index is 0.0716. The van der Waals surface area contributed by atoms with Gasteiger partial charge in [-0.05, 0) is 25.5 Å². The van der Waals surface area contributed by atoms with E-state index in [1.54, 1.807) is 24.3 Å². The summed E-state index contributed by atoms with van der Waals surface area (Å²) < 4.78 is 24.2. The molecule has 1 rings (SSSR count). The Balaban J connectivity index is 2.97. The van der Waals surface area contributed by atoms with Crippen LogP contribution >= 0.6 is 0 Å². The maximum atomic E-state index is 12.1. The van der Waals surface area contributed by atoms with Crippen LogP contribution in [0.15, 0.2) is 29.2 Å². The summed E-state index contributed by atoms with van der Waals surface area (Å²) in [7, 11) is -3.32. The Labute approximate surface area is 114 Å². The quantitative estimate of drug-likeness (QED) is 0.697. The van der Waals surface area contributed by atoms with E-state index in [1.807, 2.05) is 6.92 Å². The lowest BCUT2D eigenvalue weighted by Gasteiger charge is -2.22. The number of hydrogen-bond acceptors (Lipinski definition) is 5. The van der Waals surface area contributed by atoms with Gasteiger partial charge in [-0.2, -0.15) is 0 Å². The van der Waals surface area contributed by atoms with Crippen molar-refractivity contribution in [2.45, 2.75) is 30.8 Å². The molecule has 0 aliphatic carbocycles. The van der Waals surface area contributed by atoms with Crippen LogP contribution in [-0.4, -0.2) is 43.1 Å². The number of para-hydroxylation sites is 1. The lowest BCUT2D eigenvalue weighted by molar-refractivity contribution is 0.0132. The van der Waals surface area contributed by atoms with E-state index in [2.05, 4.69) is 5.32 Å². The first-order valence-electron chi connectivity index (χ1n) is 6.21. The van der Waals surface area contributed by atoms with Crippen molar-refractivity contribution in [3.05, 3.63) is 24.3 Å². The van der Waals surface area contributed by atoms with E-state index >= 15 is 0 Å². The second-order valence-corrected chi connectivity index (χ2v) is 6.90. The van der Waals surface area contributed by atoms with Crippen molar-refractivity contribution in [2.75, 3.05) is 24.2 Å². The average molecular weight is 287 g/mol. The van der Waals surface area contributed by atoms with Crippen molar-refractivity contribution >= 4 is 15.5 Å². The molecule has 0 saturated heterocycles. The second-order valence-electron chi connectivity index (χ2n) is 4.82. The molecule has 19 heavy (non-hydrogen) atoms. The summed E-state index contributed by atoms with van der Waals surface area (Å²) in [4.78, 5) is 0.227. The molecule has 0 fully saturated rings. The minimum atomic E-state index is -3.32. The molecule has 0 saturated carbocycles. The Morgan fingerprint density at radius 2 is 1.95 bits per heavy atom. The highest BCUT2D eigenvalue weighted by Crippen LogP contribution is 2.23. The van der Waals surface area contributed by atoms with Crippen LogP contribution in [0.3, 0.4) is 0 Å². The third kappa shape index (κ3) is 4.49. The average Bonchev–Trinajstić information content (AvgIpc) is 2.37. The van der Waals surface area contributed by atoms with Gasteiger partial charge in [0.2, 0.25) is 0 Å². The van der Waals surface area contributed by atoms with Gasteiger partial charge in [-0.25, -0.2) is 8.42 Å². The zero-order chi connectivity index (χ0) is 14.5. The highest BCUT2D eigenvalue weighted by atomic mass is 32.2. The second kappa shape index (κ2) is 6.36. The Hall–Kier alpha value is -1.11. The summed E-state index contributed by atoms with van der Waals surface area (Å²) in [5.41, 5.74) is -0.841. The molecule has 0 amide bonds. The lowest BCUT2D eigenvalue weighted by Crippen LogP contribution is -2.37. The summed E-state index contributed by atoms with van der Waals surface area (Å²) in [5, 5.41) is 21.6.